The van der Waals surface area contributed by atoms with E-state index in [1.807, 2.05) is 30.3 Å². The van der Waals surface area contributed by atoms with Gasteiger partial charge in [-0.3, -0.25) is 4.79 Å². The van der Waals surface area contributed by atoms with Crippen LogP contribution in [0.15, 0.2) is 51.5 Å². The topological polar surface area (TPSA) is 107 Å². The number of fused-ring (bicyclic) bond motifs is 1. The lowest BCUT2D eigenvalue weighted by Crippen LogP contribution is -2.23. The van der Waals surface area contributed by atoms with Gasteiger partial charge in [0.15, 0.2) is 5.69 Å². The van der Waals surface area contributed by atoms with Crippen LogP contribution in [0.2, 0.25) is 0 Å². The molecule has 0 fully saturated rings. The highest BCUT2D eigenvalue weighted by Gasteiger charge is 2.14. The van der Waals surface area contributed by atoms with Crippen LogP contribution in [0.25, 0.3) is 22.4 Å². The molecule has 1 aromatic carbocycles. The molecule has 4 rings (SSSR count). The van der Waals surface area contributed by atoms with Crippen molar-refractivity contribution in [2.75, 3.05) is 0 Å². The second-order valence-corrected chi connectivity index (χ2v) is 5.41. The van der Waals surface area contributed by atoms with E-state index in [9.17, 15) is 4.79 Å². The Bertz CT molecular complexity index is 1050. The van der Waals surface area contributed by atoms with Crippen LogP contribution in [-0.4, -0.2) is 26.2 Å². The number of aryl methyl sites for hydroxylation is 1. The molecular formula is C17H13N5O3. The number of carbonyl (C=O) groups is 1. The molecule has 3 aromatic heterocycles. The van der Waals surface area contributed by atoms with Gasteiger partial charge in [-0.1, -0.05) is 34.6 Å². The standard InChI is InChI=1S/C17H13N5O3/c1-10-8-14(21-24-10)16-20-15(25-22-16)9-18-17(23)13-7-6-11-4-2-3-5-12(11)19-13/h2-8H,9H2,1H3,(H,18,23). The first-order chi connectivity index (χ1) is 12.2. The number of benzene rings is 1. The summed E-state index contributed by atoms with van der Waals surface area (Å²) in [4.78, 5) is 20.8. The minimum Gasteiger partial charge on any atom is -0.361 e. The zero-order valence-electron chi connectivity index (χ0n) is 13.3. The molecular weight excluding hydrogens is 322 g/mol. The van der Waals surface area contributed by atoms with Gasteiger partial charge in [-0.2, -0.15) is 4.98 Å². The predicted octanol–water partition coefficient (Wildman–Crippen LogP) is 2.51. The van der Waals surface area contributed by atoms with Crippen LogP contribution in [0.3, 0.4) is 0 Å². The van der Waals surface area contributed by atoms with E-state index in [4.69, 9.17) is 9.05 Å². The zero-order chi connectivity index (χ0) is 17.2. The summed E-state index contributed by atoms with van der Waals surface area (Å²) in [7, 11) is 0. The highest BCUT2D eigenvalue weighted by molar-refractivity contribution is 5.94. The number of aromatic nitrogens is 4. The van der Waals surface area contributed by atoms with Crippen molar-refractivity contribution >= 4 is 16.8 Å². The minimum atomic E-state index is -0.317. The van der Waals surface area contributed by atoms with Crippen molar-refractivity contribution in [3.63, 3.8) is 0 Å². The maximum absolute atomic E-state index is 12.3. The lowest BCUT2D eigenvalue weighted by Gasteiger charge is -2.03. The fourth-order valence-electron chi connectivity index (χ4n) is 2.34. The maximum Gasteiger partial charge on any atom is 0.270 e. The van der Waals surface area contributed by atoms with E-state index in [-0.39, 0.29) is 18.3 Å². The monoisotopic (exact) mass is 335 g/mol. The smallest absolute Gasteiger partial charge is 0.270 e. The summed E-state index contributed by atoms with van der Waals surface area (Å²) < 4.78 is 10.1. The quantitative estimate of drug-likeness (QED) is 0.610. The molecule has 0 unspecified atom stereocenters. The van der Waals surface area contributed by atoms with Gasteiger partial charge in [0.05, 0.1) is 12.1 Å². The average Bonchev–Trinajstić information content (AvgIpc) is 3.28. The lowest BCUT2D eigenvalue weighted by molar-refractivity contribution is 0.0941. The second kappa shape index (κ2) is 6.16. The van der Waals surface area contributed by atoms with E-state index in [0.29, 0.717) is 23.0 Å². The van der Waals surface area contributed by atoms with Gasteiger partial charge >= 0.3 is 0 Å². The lowest BCUT2D eigenvalue weighted by atomic mass is 10.2. The number of hydrogen-bond acceptors (Lipinski definition) is 7. The largest absolute Gasteiger partial charge is 0.361 e. The van der Waals surface area contributed by atoms with Crippen molar-refractivity contribution in [2.45, 2.75) is 13.5 Å². The molecule has 124 valence electrons. The third-order valence-corrected chi connectivity index (χ3v) is 3.56. The third kappa shape index (κ3) is 3.09. The van der Waals surface area contributed by atoms with Gasteiger partial charge < -0.3 is 14.4 Å². The number of nitrogens with zero attached hydrogens (tertiary/aromatic N) is 4. The van der Waals surface area contributed by atoms with Crippen molar-refractivity contribution in [3.8, 4) is 11.5 Å². The van der Waals surface area contributed by atoms with Crippen LogP contribution in [0.5, 0.6) is 0 Å². The Hall–Kier alpha value is -3.55. The van der Waals surface area contributed by atoms with Gasteiger partial charge in [-0.15, -0.1) is 0 Å². The molecule has 25 heavy (non-hydrogen) atoms. The summed E-state index contributed by atoms with van der Waals surface area (Å²) in [5.74, 6) is 0.912. The molecule has 0 saturated heterocycles. The van der Waals surface area contributed by atoms with Crippen LogP contribution in [0.4, 0.5) is 0 Å². The second-order valence-electron chi connectivity index (χ2n) is 5.41. The molecule has 4 aromatic rings. The van der Waals surface area contributed by atoms with Crippen molar-refractivity contribution in [1.29, 1.82) is 0 Å². The Kier molecular flexibility index (Phi) is 3.70. The summed E-state index contributed by atoms with van der Waals surface area (Å²) in [6.07, 6.45) is 0. The fraction of sp³-hybridized carbons (Fsp3) is 0.118. The molecule has 0 bridgehead atoms. The molecule has 8 nitrogen and oxygen atoms in total. The summed E-state index contributed by atoms with van der Waals surface area (Å²) in [5, 5.41) is 11.3. The van der Waals surface area contributed by atoms with Crippen molar-refractivity contribution in [3.05, 3.63) is 59.8 Å². The van der Waals surface area contributed by atoms with Crippen LogP contribution < -0.4 is 5.32 Å². The number of rotatable bonds is 4. The number of nitrogens with one attached hydrogen (secondary N) is 1. The van der Waals surface area contributed by atoms with Crippen molar-refractivity contribution in [2.24, 2.45) is 0 Å². The Morgan fingerprint density at radius 3 is 2.80 bits per heavy atom. The highest BCUT2D eigenvalue weighted by atomic mass is 16.5. The number of pyridine rings is 1. The molecule has 1 N–H and O–H groups in total. The number of amides is 1. The van der Waals surface area contributed by atoms with E-state index >= 15 is 0 Å². The summed E-state index contributed by atoms with van der Waals surface area (Å²) >= 11 is 0. The number of hydrogen-bond donors (Lipinski definition) is 1. The molecule has 8 heteroatoms. The summed E-state index contributed by atoms with van der Waals surface area (Å²) in [6.45, 7) is 1.87. The first-order valence-electron chi connectivity index (χ1n) is 7.59. The van der Waals surface area contributed by atoms with E-state index in [0.717, 1.165) is 10.9 Å². The Morgan fingerprint density at radius 1 is 1.08 bits per heavy atom. The SMILES string of the molecule is Cc1cc(-c2noc(CNC(=O)c3ccc4ccccc4n3)n2)no1. The molecule has 0 atom stereocenters. The van der Waals surface area contributed by atoms with Crippen LogP contribution in [0, 0.1) is 6.92 Å². The van der Waals surface area contributed by atoms with Gasteiger partial charge in [0.2, 0.25) is 11.7 Å². The van der Waals surface area contributed by atoms with Crippen LogP contribution in [-0.2, 0) is 6.54 Å². The normalized spacial score (nSPS) is 10.9. The molecule has 0 aliphatic heterocycles. The van der Waals surface area contributed by atoms with Gasteiger partial charge in [0.1, 0.15) is 11.5 Å². The maximum atomic E-state index is 12.3. The van der Waals surface area contributed by atoms with Gasteiger partial charge in [0, 0.05) is 11.5 Å². The molecule has 0 aliphatic rings. The Balaban J connectivity index is 1.45. The highest BCUT2D eigenvalue weighted by Crippen LogP contribution is 2.15. The average molecular weight is 335 g/mol. The third-order valence-electron chi connectivity index (χ3n) is 3.56. The van der Waals surface area contributed by atoms with Crippen LogP contribution in [0.1, 0.15) is 22.1 Å². The van der Waals surface area contributed by atoms with Crippen molar-refractivity contribution in [1.82, 2.24) is 25.6 Å². The van der Waals surface area contributed by atoms with E-state index < -0.39 is 0 Å². The zero-order valence-corrected chi connectivity index (χ0v) is 13.3. The minimum absolute atomic E-state index is 0.0944. The first kappa shape index (κ1) is 15.0. The van der Waals surface area contributed by atoms with E-state index in [1.54, 1.807) is 19.1 Å². The molecule has 3 heterocycles. The molecule has 0 radical (unpaired) electrons. The van der Waals surface area contributed by atoms with Gasteiger partial charge in [-0.25, -0.2) is 4.98 Å². The number of carbonyl (C=O) groups excluding carboxylic acids is 1. The molecule has 1 amide bonds. The molecule has 0 saturated carbocycles. The summed E-state index contributed by atoms with van der Waals surface area (Å²) in [6, 6.07) is 12.8. The van der Waals surface area contributed by atoms with E-state index in [2.05, 4.69) is 25.6 Å². The Morgan fingerprint density at radius 2 is 1.96 bits per heavy atom. The predicted molar refractivity (Wildman–Crippen MR) is 87.4 cm³/mol. The van der Waals surface area contributed by atoms with Crippen LogP contribution >= 0.6 is 0 Å². The fourth-order valence-corrected chi connectivity index (χ4v) is 2.34. The van der Waals surface area contributed by atoms with Crippen molar-refractivity contribution < 1.29 is 13.8 Å². The first-order valence-corrected chi connectivity index (χ1v) is 7.59. The summed E-state index contributed by atoms with van der Waals surface area (Å²) in [5.41, 5.74) is 1.57. The van der Waals surface area contributed by atoms with Gasteiger partial charge in [-0.05, 0) is 19.1 Å². The molecule has 0 spiro atoms. The van der Waals surface area contributed by atoms with E-state index in [1.165, 1.54) is 0 Å². The number of para-hydroxylation sites is 1. The Labute approximate surface area is 141 Å². The van der Waals surface area contributed by atoms with Gasteiger partial charge in [0.25, 0.3) is 5.91 Å². The molecule has 0 aliphatic carbocycles.